The van der Waals surface area contributed by atoms with Crippen LogP contribution in [0.5, 0.6) is 0 Å². The Kier molecular flexibility index (Phi) is 14.4. The van der Waals surface area contributed by atoms with Gasteiger partial charge < -0.3 is 42.2 Å². The third-order valence-electron chi connectivity index (χ3n) is 6.62. The molecule has 0 unspecified atom stereocenters. The van der Waals surface area contributed by atoms with Crippen molar-refractivity contribution in [3.8, 4) is 0 Å². The summed E-state index contributed by atoms with van der Waals surface area (Å²) < 4.78 is 0. The minimum atomic E-state index is -1.62. The molecule has 0 spiro atoms. The second-order valence-corrected chi connectivity index (χ2v) is 10.2. The molecule has 4 atom stereocenters. The topological polar surface area (TPSA) is 279 Å². The number of hydrogen-bond acceptors (Lipinski definition) is 7. The van der Waals surface area contributed by atoms with E-state index in [1.165, 1.54) is 0 Å². The molecule has 1 saturated heterocycles. The zero-order valence-corrected chi connectivity index (χ0v) is 24.0. The molecule has 1 aromatic carbocycles. The molecule has 5 amide bonds. The Morgan fingerprint density at radius 1 is 0.814 bits per heavy atom. The molecule has 0 radical (unpaired) electrons. The normalized spacial score (nSPS) is 22.0. The summed E-state index contributed by atoms with van der Waals surface area (Å²) in [6.45, 7) is 0.294. The molecular weight excluding hydrogens is 562 g/mol. The van der Waals surface area contributed by atoms with Gasteiger partial charge in [0.15, 0.2) is 0 Å². The number of quaternary nitrogens is 1. The van der Waals surface area contributed by atoms with Crippen LogP contribution in [-0.2, 0) is 35.2 Å². The average molecular weight is 605 g/mol. The van der Waals surface area contributed by atoms with Crippen molar-refractivity contribution in [2.75, 3.05) is 19.6 Å². The number of guanidine groups is 1. The van der Waals surface area contributed by atoms with E-state index in [-0.39, 0.29) is 25.2 Å². The Balaban J connectivity index is 2.44. The van der Waals surface area contributed by atoms with E-state index in [4.69, 9.17) is 11.5 Å². The van der Waals surface area contributed by atoms with E-state index >= 15 is 0 Å². The Morgan fingerprint density at radius 3 is 2.02 bits per heavy atom. The fraction of sp³-hybridized carbons (Fsp3) is 0.519. The van der Waals surface area contributed by atoms with Crippen LogP contribution in [0.2, 0.25) is 0 Å². The van der Waals surface area contributed by atoms with Crippen molar-refractivity contribution in [2.24, 2.45) is 11.5 Å². The van der Waals surface area contributed by atoms with Crippen LogP contribution in [0.15, 0.2) is 30.3 Å². The SMILES string of the molecule is NC(N)=[NH+]CCC[C@@H]1NC(=O)[C@H](CCCC[NH3+])NC(=O)[C@H](Cc2ccccc2)NC(=O)[C@H](CC(=O)[O-])NC(=O)CNC1=O. The number of carbonyl (C=O) groups is 6. The lowest BCUT2D eigenvalue weighted by Gasteiger charge is -2.26. The van der Waals surface area contributed by atoms with Gasteiger partial charge in [-0.15, -0.1) is 0 Å². The second kappa shape index (κ2) is 17.9. The van der Waals surface area contributed by atoms with Gasteiger partial charge >= 0.3 is 5.96 Å². The van der Waals surface area contributed by atoms with E-state index in [9.17, 15) is 33.9 Å². The van der Waals surface area contributed by atoms with Crippen molar-refractivity contribution in [2.45, 2.75) is 69.1 Å². The van der Waals surface area contributed by atoms with Gasteiger partial charge in [-0.05, 0) is 37.7 Å². The van der Waals surface area contributed by atoms with E-state index in [2.05, 4.69) is 37.3 Å². The first-order chi connectivity index (χ1) is 20.5. The number of carboxylic acid groups (broad SMARTS) is 1. The summed E-state index contributed by atoms with van der Waals surface area (Å²) in [7, 11) is 0. The summed E-state index contributed by atoms with van der Waals surface area (Å²) >= 11 is 0. The highest BCUT2D eigenvalue weighted by atomic mass is 16.4. The number of nitrogens with two attached hydrogens (primary N) is 2. The van der Waals surface area contributed by atoms with Crippen molar-refractivity contribution < 1.29 is 44.6 Å². The fourth-order valence-electron chi connectivity index (χ4n) is 4.39. The third-order valence-corrected chi connectivity index (χ3v) is 6.62. The zero-order valence-electron chi connectivity index (χ0n) is 24.0. The maximum absolute atomic E-state index is 13.6. The van der Waals surface area contributed by atoms with Gasteiger partial charge in [-0.25, -0.2) is 0 Å². The molecule has 0 aliphatic carbocycles. The van der Waals surface area contributed by atoms with E-state index in [0.29, 0.717) is 37.9 Å². The van der Waals surface area contributed by atoms with Crippen LogP contribution in [-0.4, -0.2) is 85.3 Å². The number of nitrogens with one attached hydrogen (secondary N) is 6. The summed E-state index contributed by atoms with van der Waals surface area (Å²) in [4.78, 5) is 79.9. The number of unbranched alkanes of at least 4 members (excludes halogenated alkanes) is 1. The highest BCUT2D eigenvalue weighted by molar-refractivity contribution is 5.97. The van der Waals surface area contributed by atoms with Crippen LogP contribution >= 0.6 is 0 Å². The average Bonchev–Trinajstić information content (AvgIpc) is 2.95. The summed E-state index contributed by atoms with van der Waals surface area (Å²) in [6.07, 6.45) is 1.05. The quantitative estimate of drug-likeness (QED) is 0.0621. The number of rotatable bonds is 12. The largest absolute Gasteiger partial charge is 0.550 e. The van der Waals surface area contributed by atoms with Gasteiger partial charge in [0.25, 0.3) is 0 Å². The molecule has 2 rings (SSSR count). The molecule has 1 heterocycles. The number of aliphatic carboxylic acids is 1. The van der Waals surface area contributed by atoms with Crippen LogP contribution in [0.25, 0.3) is 0 Å². The smallest absolute Gasteiger partial charge is 0.338 e. The Labute approximate surface area is 249 Å². The van der Waals surface area contributed by atoms with Crippen LogP contribution in [0, 0.1) is 0 Å². The first-order valence-corrected chi connectivity index (χ1v) is 14.1. The van der Waals surface area contributed by atoms with Crippen molar-refractivity contribution in [3.63, 3.8) is 0 Å². The minimum Gasteiger partial charge on any atom is -0.550 e. The van der Waals surface area contributed by atoms with E-state index in [1.54, 1.807) is 30.3 Å². The van der Waals surface area contributed by atoms with Crippen molar-refractivity contribution in [3.05, 3.63) is 35.9 Å². The highest BCUT2D eigenvalue weighted by Crippen LogP contribution is 2.08. The zero-order chi connectivity index (χ0) is 31.8. The predicted octanol–water partition coefficient (Wildman–Crippen LogP) is -7.02. The van der Waals surface area contributed by atoms with E-state index in [1.807, 2.05) is 0 Å². The van der Waals surface area contributed by atoms with Gasteiger partial charge in [-0.3, -0.25) is 40.4 Å². The number of hydrogen-bond donors (Lipinski definition) is 9. The number of benzene rings is 1. The lowest BCUT2D eigenvalue weighted by atomic mass is 10.0. The van der Waals surface area contributed by atoms with Gasteiger partial charge in [0, 0.05) is 18.8 Å². The predicted molar refractivity (Wildman–Crippen MR) is 151 cm³/mol. The lowest BCUT2D eigenvalue weighted by Crippen LogP contribution is -2.78. The van der Waals surface area contributed by atoms with Gasteiger partial charge in [-0.2, -0.15) is 0 Å². The number of amides is 5. The van der Waals surface area contributed by atoms with Crippen LogP contribution < -0.4 is 53.9 Å². The maximum Gasteiger partial charge on any atom is 0.338 e. The van der Waals surface area contributed by atoms with Crippen LogP contribution in [0.3, 0.4) is 0 Å². The molecule has 13 N–H and O–H groups in total. The van der Waals surface area contributed by atoms with Crippen LogP contribution in [0.4, 0.5) is 0 Å². The van der Waals surface area contributed by atoms with E-state index < -0.39 is 72.6 Å². The molecule has 0 saturated carbocycles. The molecule has 16 heteroatoms. The van der Waals surface area contributed by atoms with Crippen molar-refractivity contribution >= 4 is 41.5 Å². The summed E-state index contributed by atoms with van der Waals surface area (Å²) in [6, 6.07) is 3.74. The molecule has 1 fully saturated rings. The second-order valence-electron chi connectivity index (χ2n) is 10.2. The number of carbonyl (C=O) groups excluding carboxylic acids is 6. The van der Waals surface area contributed by atoms with Gasteiger partial charge in [0.2, 0.25) is 29.5 Å². The van der Waals surface area contributed by atoms with Gasteiger partial charge in [0.1, 0.15) is 24.2 Å². The summed E-state index contributed by atoms with van der Waals surface area (Å²) in [5.41, 5.74) is 15.3. The Morgan fingerprint density at radius 2 is 1.40 bits per heavy atom. The fourth-order valence-corrected chi connectivity index (χ4v) is 4.39. The molecule has 1 aliphatic heterocycles. The highest BCUT2D eigenvalue weighted by Gasteiger charge is 2.32. The number of carboxylic acids is 1. The molecule has 1 aromatic rings. The first kappa shape index (κ1) is 34.5. The maximum atomic E-state index is 13.6. The first-order valence-electron chi connectivity index (χ1n) is 14.1. The van der Waals surface area contributed by atoms with Crippen molar-refractivity contribution in [1.82, 2.24) is 26.6 Å². The van der Waals surface area contributed by atoms with E-state index in [0.717, 1.165) is 0 Å². The lowest BCUT2D eigenvalue weighted by molar-refractivity contribution is -0.459. The van der Waals surface area contributed by atoms with Gasteiger partial charge in [-0.1, -0.05) is 30.3 Å². The molecule has 0 aromatic heterocycles. The molecule has 16 nitrogen and oxygen atoms in total. The standard InChI is InChI=1S/C27H41N9O7/c28-11-5-4-9-18-24(41)34-17(10-6-12-31-27(29)30)23(40)32-15-21(37)33-20(14-22(38)39)26(43)36-19(25(42)35-18)13-16-7-2-1-3-8-16/h1-3,7-8,17-20H,4-6,9-15,28H2,(H,32,40)(H,33,37)(H,34,41)(H,35,42)(H,36,43)(H,38,39)(H4,29,30,31)/p+1/t17-,18-,19-,20-/m0/s1. The minimum absolute atomic E-state index is 0.00851. The monoisotopic (exact) mass is 604 g/mol. The third kappa shape index (κ3) is 12.8. The van der Waals surface area contributed by atoms with Crippen LogP contribution in [0.1, 0.15) is 44.1 Å². The summed E-state index contributed by atoms with van der Waals surface area (Å²) in [5.74, 6) is -5.48. The van der Waals surface area contributed by atoms with Gasteiger partial charge in [0.05, 0.1) is 19.6 Å². The molecule has 1 aliphatic rings. The molecule has 0 bridgehead atoms. The molecular formula is C27H42N9O7+. The van der Waals surface area contributed by atoms with Crippen molar-refractivity contribution in [1.29, 1.82) is 0 Å². The Hall–Kier alpha value is -4.73. The summed E-state index contributed by atoms with van der Waals surface area (Å²) in [5, 5.41) is 23.9. The molecule has 236 valence electrons. The Bertz CT molecular complexity index is 1160. The molecule has 43 heavy (non-hydrogen) atoms.